The Bertz CT molecular complexity index is 469. The Kier molecular flexibility index (Phi) is 3.64. The van der Waals surface area contributed by atoms with E-state index in [1.54, 1.807) is 0 Å². The van der Waals surface area contributed by atoms with Crippen LogP contribution in [0.1, 0.15) is 31.3 Å². The van der Waals surface area contributed by atoms with Crippen molar-refractivity contribution in [1.82, 2.24) is 19.7 Å². The van der Waals surface area contributed by atoms with Crippen molar-refractivity contribution in [2.75, 3.05) is 0 Å². The van der Waals surface area contributed by atoms with Gasteiger partial charge in [0, 0.05) is 44.3 Å². The number of aryl methyl sites for hydroxylation is 2. The van der Waals surface area contributed by atoms with Gasteiger partial charge in [0.15, 0.2) is 0 Å². The Morgan fingerprint density at radius 3 is 2.76 bits per heavy atom. The maximum atomic E-state index is 4.50. The number of hydrogen-bond donors (Lipinski definition) is 1. The van der Waals surface area contributed by atoms with Gasteiger partial charge in [0.05, 0.1) is 5.69 Å². The minimum Gasteiger partial charge on any atom is -0.353 e. The summed E-state index contributed by atoms with van der Waals surface area (Å²) in [5.41, 5.74) is 2.38. The summed E-state index contributed by atoms with van der Waals surface area (Å²) >= 11 is 0. The molecular weight excluding hydrogens is 212 g/mol. The molecule has 17 heavy (non-hydrogen) atoms. The monoisotopic (exact) mass is 232 g/mol. The molecule has 2 aromatic heterocycles. The molecule has 0 aliphatic rings. The van der Waals surface area contributed by atoms with E-state index in [1.165, 1.54) is 5.69 Å². The molecule has 1 atom stereocenters. The van der Waals surface area contributed by atoms with Crippen LogP contribution >= 0.6 is 0 Å². The fraction of sp³-hybridized carbons (Fsp3) is 0.462. The van der Waals surface area contributed by atoms with Crippen molar-refractivity contribution in [2.45, 2.75) is 33.0 Å². The molecule has 0 spiro atoms. The highest BCUT2D eigenvalue weighted by Gasteiger charge is 2.08. The zero-order valence-corrected chi connectivity index (χ0v) is 10.7. The second kappa shape index (κ2) is 5.19. The normalized spacial score (nSPS) is 12.9. The van der Waals surface area contributed by atoms with Crippen LogP contribution in [-0.2, 0) is 20.1 Å². The molecule has 0 radical (unpaired) electrons. The molecule has 0 aliphatic heterocycles. The van der Waals surface area contributed by atoms with Crippen molar-refractivity contribution in [2.24, 2.45) is 7.05 Å². The predicted molar refractivity (Wildman–Crippen MR) is 68.6 cm³/mol. The van der Waals surface area contributed by atoms with Gasteiger partial charge in [-0.3, -0.25) is 4.68 Å². The highest BCUT2D eigenvalue weighted by Crippen LogP contribution is 2.10. The summed E-state index contributed by atoms with van der Waals surface area (Å²) < 4.78 is 4.08. The first-order chi connectivity index (χ1) is 8.20. The Labute approximate surface area is 102 Å². The van der Waals surface area contributed by atoms with E-state index in [1.807, 2.05) is 10.9 Å². The molecule has 4 heteroatoms. The van der Waals surface area contributed by atoms with Crippen molar-refractivity contribution in [1.29, 1.82) is 0 Å². The molecule has 0 fully saturated rings. The number of nitrogens with zero attached hydrogens (tertiary/aromatic N) is 3. The summed E-state index contributed by atoms with van der Waals surface area (Å²) in [5.74, 6) is 0. The minimum atomic E-state index is 0.276. The van der Waals surface area contributed by atoms with Crippen LogP contribution < -0.4 is 5.32 Å². The van der Waals surface area contributed by atoms with Crippen LogP contribution in [0.3, 0.4) is 0 Å². The Balaban J connectivity index is 1.93. The summed E-state index contributed by atoms with van der Waals surface area (Å²) in [6.07, 6.45) is 4.09. The first-order valence-corrected chi connectivity index (χ1v) is 6.07. The Morgan fingerprint density at radius 1 is 1.35 bits per heavy atom. The highest BCUT2D eigenvalue weighted by molar-refractivity contribution is 5.08. The summed E-state index contributed by atoms with van der Waals surface area (Å²) in [4.78, 5) is 0. The molecular formula is C13H20N4. The van der Waals surface area contributed by atoms with Gasteiger partial charge in [-0.25, -0.2) is 0 Å². The fourth-order valence-electron chi connectivity index (χ4n) is 1.83. The number of aromatic nitrogens is 3. The summed E-state index contributed by atoms with van der Waals surface area (Å²) in [7, 11) is 2.06. The summed E-state index contributed by atoms with van der Waals surface area (Å²) in [6.45, 7) is 6.03. The van der Waals surface area contributed by atoms with Crippen molar-refractivity contribution in [3.8, 4) is 0 Å². The van der Waals surface area contributed by atoms with Gasteiger partial charge in [-0.1, -0.05) is 0 Å². The highest BCUT2D eigenvalue weighted by atomic mass is 15.3. The van der Waals surface area contributed by atoms with E-state index in [4.69, 9.17) is 0 Å². The Morgan fingerprint density at radius 2 is 2.18 bits per heavy atom. The third-order valence-corrected chi connectivity index (χ3v) is 3.07. The van der Waals surface area contributed by atoms with Gasteiger partial charge in [-0.15, -0.1) is 0 Å². The van der Waals surface area contributed by atoms with Crippen LogP contribution in [-0.4, -0.2) is 14.3 Å². The van der Waals surface area contributed by atoms with E-state index in [0.717, 1.165) is 18.8 Å². The van der Waals surface area contributed by atoms with E-state index in [0.29, 0.717) is 0 Å². The fourth-order valence-corrected chi connectivity index (χ4v) is 1.83. The van der Waals surface area contributed by atoms with Gasteiger partial charge in [0.25, 0.3) is 0 Å². The molecule has 0 saturated carbocycles. The molecule has 0 amide bonds. The standard InChI is InChI=1S/C13H20N4/c1-4-17-9-7-13(15-17)11(2)14-10-12-6-5-8-16(12)3/h5-9,11,14H,4,10H2,1-3H3. The SMILES string of the molecule is CCn1ccc(C(C)NCc2cccn2C)n1. The lowest BCUT2D eigenvalue weighted by molar-refractivity contribution is 0.531. The van der Waals surface area contributed by atoms with Gasteiger partial charge >= 0.3 is 0 Å². The molecule has 0 bridgehead atoms. The van der Waals surface area contributed by atoms with E-state index < -0.39 is 0 Å². The van der Waals surface area contributed by atoms with Gasteiger partial charge in [-0.2, -0.15) is 5.10 Å². The molecule has 0 aromatic carbocycles. The third-order valence-electron chi connectivity index (χ3n) is 3.07. The topological polar surface area (TPSA) is 34.8 Å². The van der Waals surface area contributed by atoms with Crippen LogP contribution in [0.5, 0.6) is 0 Å². The smallest absolute Gasteiger partial charge is 0.0791 e. The minimum absolute atomic E-state index is 0.276. The summed E-state index contributed by atoms with van der Waals surface area (Å²) in [6, 6.07) is 6.54. The molecule has 1 N–H and O–H groups in total. The first-order valence-electron chi connectivity index (χ1n) is 6.07. The molecule has 2 heterocycles. The van der Waals surface area contributed by atoms with Gasteiger partial charge in [0.1, 0.15) is 0 Å². The van der Waals surface area contributed by atoms with Crippen LogP contribution in [0.15, 0.2) is 30.6 Å². The molecule has 2 aromatic rings. The van der Waals surface area contributed by atoms with Crippen LogP contribution in [0.25, 0.3) is 0 Å². The van der Waals surface area contributed by atoms with Crippen molar-refractivity contribution >= 4 is 0 Å². The van der Waals surface area contributed by atoms with Crippen LogP contribution in [0.4, 0.5) is 0 Å². The quantitative estimate of drug-likeness (QED) is 0.856. The van der Waals surface area contributed by atoms with Gasteiger partial charge in [-0.05, 0) is 32.0 Å². The van der Waals surface area contributed by atoms with E-state index in [-0.39, 0.29) is 6.04 Å². The molecule has 1 unspecified atom stereocenters. The average Bonchev–Trinajstić information content (AvgIpc) is 2.94. The van der Waals surface area contributed by atoms with Gasteiger partial charge in [0.2, 0.25) is 0 Å². The second-order valence-electron chi connectivity index (χ2n) is 4.31. The number of nitrogens with one attached hydrogen (secondary N) is 1. The number of hydrogen-bond acceptors (Lipinski definition) is 2. The Hall–Kier alpha value is -1.55. The van der Waals surface area contributed by atoms with E-state index in [9.17, 15) is 0 Å². The molecule has 4 nitrogen and oxygen atoms in total. The zero-order chi connectivity index (χ0) is 12.3. The van der Waals surface area contributed by atoms with Crippen LogP contribution in [0.2, 0.25) is 0 Å². The van der Waals surface area contributed by atoms with Crippen molar-refractivity contribution < 1.29 is 0 Å². The molecule has 92 valence electrons. The maximum Gasteiger partial charge on any atom is 0.0791 e. The van der Waals surface area contributed by atoms with Gasteiger partial charge < -0.3 is 9.88 Å². The lowest BCUT2D eigenvalue weighted by atomic mass is 10.2. The maximum absolute atomic E-state index is 4.50. The molecule has 0 aliphatic carbocycles. The third kappa shape index (κ3) is 2.77. The lowest BCUT2D eigenvalue weighted by Crippen LogP contribution is -2.20. The zero-order valence-electron chi connectivity index (χ0n) is 10.7. The lowest BCUT2D eigenvalue weighted by Gasteiger charge is -2.12. The van der Waals surface area contributed by atoms with Crippen LogP contribution in [0, 0.1) is 0 Å². The molecule has 2 rings (SSSR count). The second-order valence-corrected chi connectivity index (χ2v) is 4.31. The van der Waals surface area contributed by atoms with E-state index >= 15 is 0 Å². The molecule has 0 saturated heterocycles. The van der Waals surface area contributed by atoms with Crippen molar-refractivity contribution in [3.05, 3.63) is 42.0 Å². The average molecular weight is 232 g/mol. The predicted octanol–water partition coefficient (Wildman–Crippen LogP) is 2.09. The first kappa shape index (κ1) is 11.9. The van der Waals surface area contributed by atoms with E-state index in [2.05, 4.69) is 60.3 Å². The largest absolute Gasteiger partial charge is 0.353 e. The van der Waals surface area contributed by atoms with Crippen molar-refractivity contribution in [3.63, 3.8) is 0 Å². The number of rotatable bonds is 5. The summed E-state index contributed by atoms with van der Waals surface area (Å²) in [5, 5.41) is 7.98.